The number of sulfone groups is 1. The molecule has 0 bridgehead atoms. The Kier molecular flexibility index (Phi) is 5.02. The highest BCUT2D eigenvalue weighted by Gasteiger charge is 2.22. The third kappa shape index (κ3) is 3.89. The highest BCUT2D eigenvalue weighted by atomic mass is 35.5. The van der Waals surface area contributed by atoms with Gasteiger partial charge in [0.25, 0.3) is 5.91 Å². The molecule has 136 valence electrons. The van der Waals surface area contributed by atoms with Crippen molar-refractivity contribution in [3.8, 4) is 0 Å². The minimum Gasteiger partial charge on any atom is -0.321 e. The van der Waals surface area contributed by atoms with Gasteiger partial charge in [-0.15, -0.1) is 0 Å². The smallest absolute Gasteiger partial charge is 0.255 e. The van der Waals surface area contributed by atoms with Crippen LogP contribution in [0.25, 0.3) is 0 Å². The molecule has 0 saturated carbocycles. The Labute approximate surface area is 156 Å². The van der Waals surface area contributed by atoms with Crippen LogP contribution in [0.3, 0.4) is 0 Å². The average molecular weight is 393 g/mol. The molecule has 1 fully saturated rings. The van der Waals surface area contributed by atoms with Crippen LogP contribution in [0, 0.1) is 0 Å². The Balaban J connectivity index is 1.86. The van der Waals surface area contributed by atoms with Gasteiger partial charge in [0, 0.05) is 30.5 Å². The lowest BCUT2D eigenvalue weighted by molar-refractivity contribution is -0.117. The summed E-state index contributed by atoms with van der Waals surface area (Å²) in [5.41, 5.74) is 1.22. The van der Waals surface area contributed by atoms with E-state index in [2.05, 4.69) is 5.32 Å². The average Bonchev–Trinajstić information content (AvgIpc) is 3.02. The van der Waals surface area contributed by atoms with Gasteiger partial charge in [0.15, 0.2) is 9.84 Å². The molecule has 0 unspecified atom stereocenters. The summed E-state index contributed by atoms with van der Waals surface area (Å²) in [5, 5.41) is 2.86. The molecule has 0 atom stereocenters. The molecule has 0 radical (unpaired) electrons. The van der Waals surface area contributed by atoms with Gasteiger partial charge in [0.2, 0.25) is 5.91 Å². The molecule has 2 aromatic carbocycles. The zero-order valence-electron chi connectivity index (χ0n) is 14.0. The lowest BCUT2D eigenvalue weighted by Gasteiger charge is -2.16. The van der Waals surface area contributed by atoms with E-state index in [1.165, 1.54) is 18.2 Å². The normalized spacial score (nSPS) is 14.5. The number of nitrogens with zero attached hydrogens (tertiary/aromatic N) is 1. The van der Waals surface area contributed by atoms with Crippen LogP contribution in [-0.2, 0) is 14.6 Å². The standard InChI is InChI=1S/C18H17ClN2O4S/c1-26(24,25)14-7-8-15(19)16(11-14)20-18(23)12-4-2-5-13(10-12)21-9-3-6-17(21)22/h2,4-5,7-8,10-11H,3,6,9H2,1H3,(H,20,23). The van der Waals surface area contributed by atoms with Crippen molar-refractivity contribution in [3.05, 3.63) is 53.1 Å². The number of rotatable bonds is 4. The molecular formula is C18H17ClN2O4S. The highest BCUT2D eigenvalue weighted by molar-refractivity contribution is 7.90. The summed E-state index contributed by atoms with van der Waals surface area (Å²) in [6.07, 6.45) is 2.38. The summed E-state index contributed by atoms with van der Waals surface area (Å²) >= 11 is 6.07. The Morgan fingerprint density at radius 3 is 2.62 bits per heavy atom. The zero-order valence-corrected chi connectivity index (χ0v) is 15.6. The summed E-state index contributed by atoms with van der Waals surface area (Å²) in [5.74, 6) is -0.405. The van der Waals surface area contributed by atoms with Crippen molar-refractivity contribution in [1.29, 1.82) is 0 Å². The van der Waals surface area contributed by atoms with Gasteiger partial charge in [-0.1, -0.05) is 17.7 Å². The summed E-state index contributed by atoms with van der Waals surface area (Å²) in [6, 6.07) is 10.9. The fourth-order valence-corrected chi connectivity index (χ4v) is 3.57. The van der Waals surface area contributed by atoms with E-state index < -0.39 is 15.7 Å². The number of carbonyl (C=O) groups excluding carboxylic acids is 2. The molecule has 1 aliphatic rings. The molecule has 1 heterocycles. The Bertz CT molecular complexity index is 988. The molecule has 0 aliphatic carbocycles. The van der Waals surface area contributed by atoms with Gasteiger partial charge in [-0.2, -0.15) is 0 Å². The van der Waals surface area contributed by atoms with E-state index in [4.69, 9.17) is 11.6 Å². The van der Waals surface area contributed by atoms with E-state index in [9.17, 15) is 18.0 Å². The summed E-state index contributed by atoms with van der Waals surface area (Å²) in [4.78, 5) is 26.1. The number of amides is 2. The van der Waals surface area contributed by atoms with Crippen molar-refractivity contribution in [1.82, 2.24) is 0 Å². The van der Waals surface area contributed by atoms with Gasteiger partial charge in [0.1, 0.15) is 0 Å². The first-order chi connectivity index (χ1) is 12.3. The van der Waals surface area contributed by atoms with Crippen LogP contribution in [0.1, 0.15) is 23.2 Å². The maximum Gasteiger partial charge on any atom is 0.255 e. The van der Waals surface area contributed by atoms with E-state index >= 15 is 0 Å². The topological polar surface area (TPSA) is 83.6 Å². The van der Waals surface area contributed by atoms with E-state index in [1.807, 2.05) is 0 Å². The predicted molar refractivity (Wildman–Crippen MR) is 101 cm³/mol. The van der Waals surface area contributed by atoms with E-state index in [0.29, 0.717) is 24.2 Å². The molecule has 1 aliphatic heterocycles. The van der Waals surface area contributed by atoms with Crippen molar-refractivity contribution in [2.75, 3.05) is 23.0 Å². The number of benzene rings is 2. The quantitative estimate of drug-likeness (QED) is 0.866. The number of anilines is 2. The van der Waals surface area contributed by atoms with Gasteiger partial charge in [-0.25, -0.2) is 8.42 Å². The second-order valence-corrected chi connectivity index (χ2v) is 8.49. The fraction of sp³-hybridized carbons (Fsp3) is 0.222. The van der Waals surface area contributed by atoms with Crippen molar-refractivity contribution in [3.63, 3.8) is 0 Å². The maximum atomic E-state index is 12.6. The summed E-state index contributed by atoms with van der Waals surface area (Å²) < 4.78 is 23.4. The number of nitrogens with one attached hydrogen (secondary N) is 1. The number of halogens is 1. The minimum atomic E-state index is -3.42. The first-order valence-corrected chi connectivity index (χ1v) is 10.2. The van der Waals surface area contributed by atoms with Crippen LogP contribution < -0.4 is 10.2 Å². The molecule has 0 aromatic heterocycles. The lowest BCUT2D eigenvalue weighted by atomic mass is 10.1. The van der Waals surface area contributed by atoms with Crippen molar-refractivity contribution >= 4 is 44.6 Å². The van der Waals surface area contributed by atoms with Gasteiger partial charge in [-0.3, -0.25) is 9.59 Å². The van der Waals surface area contributed by atoms with E-state index in [1.54, 1.807) is 29.2 Å². The fourth-order valence-electron chi connectivity index (χ4n) is 2.76. The Hall–Kier alpha value is -2.38. The largest absolute Gasteiger partial charge is 0.321 e. The van der Waals surface area contributed by atoms with Gasteiger partial charge in [0.05, 0.1) is 15.6 Å². The Morgan fingerprint density at radius 1 is 1.19 bits per heavy atom. The molecular weight excluding hydrogens is 376 g/mol. The van der Waals surface area contributed by atoms with E-state index in [-0.39, 0.29) is 21.5 Å². The van der Waals surface area contributed by atoms with Crippen LogP contribution in [0.2, 0.25) is 5.02 Å². The summed E-state index contributed by atoms with van der Waals surface area (Å²) in [7, 11) is -3.42. The molecule has 2 aromatic rings. The van der Waals surface area contributed by atoms with Crippen LogP contribution >= 0.6 is 11.6 Å². The Morgan fingerprint density at radius 2 is 1.96 bits per heavy atom. The van der Waals surface area contributed by atoms with Gasteiger partial charge in [-0.05, 0) is 42.8 Å². The minimum absolute atomic E-state index is 0.0338. The summed E-state index contributed by atoms with van der Waals surface area (Å²) in [6.45, 7) is 0.631. The third-order valence-electron chi connectivity index (χ3n) is 4.11. The van der Waals surface area contributed by atoms with Crippen LogP contribution in [-0.4, -0.2) is 33.0 Å². The highest BCUT2D eigenvalue weighted by Crippen LogP contribution is 2.27. The first-order valence-electron chi connectivity index (χ1n) is 7.97. The predicted octanol–water partition coefficient (Wildman–Crippen LogP) is 3.12. The molecule has 1 N–H and O–H groups in total. The van der Waals surface area contributed by atoms with Crippen molar-refractivity contribution < 1.29 is 18.0 Å². The number of carbonyl (C=O) groups is 2. The second kappa shape index (κ2) is 7.09. The lowest BCUT2D eigenvalue weighted by Crippen LogP contribution is -2.24. The van der Waals surface area contributed by atoms with Crippen LogP contribution in [0.4, 0.5) is 11.4 Å². The van der Waals surface area contributed by atoms with E-state index in [0.717, 1.165) is 12.7 Å². The number of hydrogen-bond acceptors (Lipinski definition) is 4. The molecule has 26 heavy (non-hydrogen) atoms. The second-order valence-electron chi connectivity index (χ2n) is 6.07. The SMILES string of the molecule is CS(=O)(=O)c1ccc(Cl)c(NC(=O)c2cccc(N3CCCC3=O)c2)c1. The van der Waals surface area contributed by atoms with Crippen molar-refractivity contribution in [2.45, 2.75) is 17.7 Å². The van der Waals surface area contributed by atoms with Crippen molar-refractivity contribution in [2.24, 2.45) is 0 Å². The monoisotopic (exact) mass is 392 g/mol. The molecule has 3 rings (SSSR count). The van der Waals surface area contributed by atoms with Crippen LogP contribution in [0.5, 0.6) is 0 Å². The van der Waals surface area contributed by atoms with Gasteiger partial charge >= 0.3 is 0 Å². The molecule has 0 spiro atoms. The van der Waals surface area contributed by atoms with Crippen LogP contribution in [0.15, 0.2) is 47.4 Å². The third-order valence-corrected chi connectivity index (χ3v) is 5.55. The zero-order chi connectivity index (χ0) is 18.9. The molecule has 2 amide bonds. The maximum absolute atomic E-state index is 12.6. The molecule has 6 nitrogen and oxygen atoms in total. The van der Waals surface area contributed by atoms with Gasteiger partial charge < -0.3 is 10.2 Å². The first kappa shape index (κ1) is 18.4. The molecule has 8 heteroatoms. The number of hydrogen-bond donors (Lipinski definition) is 1. The molecule has 1 saturated heterocycles.